The standard InChI is InChI=1S/C7H7NO2S/c9-8-11(10)6-7-4-2-1-3-5-7/h1-5H,6H2. The van der Waals surface area contributed by atoms with Crippen molar-refractivity contribution in [2.45, 2.75) is 5.75 Å². The third-order valence-electron chi connectivity index (χ3n) is 1.22. The molecule has 0 heterocycles. The highest BCUT2D eigenvalue weighted by molar-refractivity contribution is 7.82. The Morgan fingerprint density at radius 3 is 2.45 bits per heavy atom. The lowest BCUT2D eigenvalue weighted by molar-refractivity contribution is 0.683. The van der Waals surface area contributed by atoms with Crippen molar-refractivity contribution >= 4 is 11.0 Å². The van der Waals surface area contributed by atoms with Crippen LogP contribution < -0.4 is 0 Å². The molecule has 0 spiro atoms. The molecule has 0 saturated heterocycles. The van der Waals surface area contributed by atoms with E-state index >= 15 is 0 Å². The van der Waals surface area contributed by atoms with Crippen LogP contribution in [0.3, 0.4) is 0 Å². The van der Waals surface area contributed by atoms with Gasteiger partial charge >= 0.3 is 0 Å². The molecule has 0 aliphatic carbocycles. The van der Waals surface area contributed by atoms with Gasteiger partial charge in [0.05, 0.1) is 5.75 Å². The Morgan fingerprint density at radius 2 is 1.91 bits per heavy atom. The summed E-state index contributed by atoms with van der Waals surface area (Å²) in [5.74, 6) is 0.213. The Labute approximate surface area is 67.0 Å². The van der Waals surface area contributed by atoms with Crippen molar-refractivity contribution < 1.29 is 4.21 Å². The SMILES string of the molecule is O=NS(=O)Cc1ccccc1. The second kappa shape index (κ2) is 3.98. The van der Waals surface area contributed by atoms with Crippen LogP contribution in [0.15, 0.2) is 34.9 Å². The molecular formula is C7H7NO2S. The number of hydrogen-bond donors (Lipinski definition) is 0. The summed E-state index contributed by atoms with van der Waals surface area (Å²) in [6, 6.07) is 9.14. The predicted molar refractivity (Wildman–Crippen MR) is 44.1 cm³/mol. The molecule has 0 N–H and O–H groups in total. The van der Waals surface area contributed by atoms with Crippen molar-refractivity contribution in [3.63, 3.8) is 0 Å². The van der Waals surface area contributed by atoms with Crippen LogP contribution in [0.4, 0.5) is 0 Å². The molecule has 0 fully saturated rings. The van der Waals surface area contributed by atoms with E-state index in [2.05, 4.69) is 4.58 Å². The zero-order chi connectivity index (χ0) is 8.10. The fourth-order valence-electron chi connectivity index (χ4n) is 0.743. The summed E-state index contributed by atoms with van der Waals surface area (Å²) >= 11 is 0. The van der Waals surface area contributed by atoms with E-state index in [1.54, 1.807) is 0 Å². The Bertz CT molecular complexity index is 260. The third-order valence-corrected chi connectivity index (χ3v) is 1.96. The lowest BCUT2D eigenvalue weighted by atomic mass is 10.2. The molecule has 1 aromatic rings. The van der Waals surface area contributed by atoms with Crippen LogP contribution in [0.2, 0.25) is 0 Å². The highest BCUT2D eigenvalue weighted by Gasteiger charge is 1.98. The minimum atomic E-state index is -1.61. The molecule has 4 heteroatoms. The summed E-state index contributed by atoms with van der Waals surface area (Å²) in [5, 5.41) is 0. The van der Waals surface area contributed by atoms with Gasteiger partial charge in [-0.2, -0.15) is 0 Å². The van der Waals surface area contributed by atoms with E-state index in [1.165, 1.54) is 0 Å². The molecule has 0 aliphatic heterocycles. The molecule has 1 unspecified atom stereocenters. The number of rotatable bonds is 3. The first-order chi connectivity index (χ1) is 5.33. The minimum absolute atomic E-state index is 0.213. The van der Waals surface area contributed by atoms with E-state index in [9.17, 15) is 9.12 Å². The molecular weight excluding hydrogens is 162 g/mol. The van der Waals surface area contributed by atoms with Crippen molar-refractivity contribution in [1.82, 2.24) is 0 Å². The van der Waals surface area contributed by atoms with Crippen molar-refractivity contribution in [3.05, 3.63) is 40.8 Å². The molecule has 1 rings (SSSR count). The minimum Gasteiger partial charge on any atom is -0.231 e. The monoisotopic (exact) mass is 169 g/mol. The van der Waals surface area contributed by atoms with Crippen molar-refractivity contribution in [3.8, 4) is 0 Å². The van der Waals surface area contributed by atoms with Crippen LogP contribution >= 0.6 is 0 Å². The molecule has 0 aliphatic rings. The maximum atomic E-state index is 10.6. The summed E-state index contributed by atoms with van der Waals surface area (Å²) in [4.78, 5) is 9.76. The van der Waals surface area contributed by atoms with Gasteiger partial charge in [0.1, 0.15) is 0 Å². The Kier molecular flexibility index (Phi) is 2.92. The summed E-state index contributed by atoms with van der Waals surface area (Å²) in [7, 11) is -1.61. The highest BCUT2D eigenvalue weighted by atomic mass is 32.2. The van der Waals surface area contributed by atoms with Gasteiger partial charge in [0.15, 0.2) is 11.0 Å². The maximum absolute atomic E-state index is 10.6. The van der Waals surface area contributed by atoms with Gasteiger partial charge < -0.3 is 0 Å². The third kappa shape index (κ3) is 2.59. The van der Waals surface area contributed by atoms with Crippen LogP contribution in [0.25, 0.3) is 0 Å². The predicted octanol–water partition coefficient (Wildman–Crippen LogP) is 1.62. The normalized spacial score (nSPS) is 12.4. The van der Waals surface area contributed by atoms with Crippen molar-refractivity contribution in [2.24, 2.45) is 4.58 Å². The van der Waals surface area contributed by atoms with Crippen molar-refractivity contribution in [2.75, 3.05) is 0 Å². The van der Waals surface area contributed by atoms with E-state index in [1.807, 2.05) is 30.3 Å². The molecule has 11 heavy (non-hydrogen) atoms. The van der Waals surface area contributed by atoms with Crippen LogP contribution in [0, 0.1) is 4.91 Å². The lowest BCUT2D eigenvalue weighted by Gasteiger charge is -1.92. The molecule has 0 radical (unpaired) electrons. The fourth-order valence-corrected chi connectivity index (χ4v) is 1.27. The highest BCUT2D eigenvalue weighted by Crippen LogP contribution is 2.02. The first-order valence-electron chi connectivity index (χ1n) is 3.08. The molecule has 0 amide bonds. The second-order valence-corrected chi connectivity index (χ2v) is 3.11. The van der Waals surface area contributed by atoms with Gasteiger partial charge in [-0.1, -0.05) is 30.3 Å². The zero-order valence-corrected chi connectivity index (χ0v) is 6.58. The summed E-state index contributed by atoms with van der Waals surface area (Å²) in [6.07, 6.45) is 0. The average molecular weight is 169 g/mol. The fraction of sp³-hybridized carbons (Fsp3) is 0.143. The smallest absolute Gasteiger partial charge is 0.184 e. The average Bonchev–Trinajstić information content (AvgIpc) is 2.06. The van der Waals surface area contributed by atoms with E-state index in [-0.39, 0.29) is 5.75 Å². The van der Waals surface area contributed by atoms with E-state index in [4.69, 9.17) is 0 Å². The quantitative estimate of drug-likeness (QED) is 0.645. The van der Waals surface area contributed by atoms with Gasteiger partial charge in [-0.25, -0.2) is 4.21 Å². The number of nitroso groups, excluding NO2 is 1. The van der Waals surface area contributed by atoms with Gasteiger partial charge in [-0.3, -0.25) is 0 Å². The first kappa shape index (κ1) is 8.07. The summed E-state index contributed by atoms with van der Waals surface area (Å²) < 4.78 is 13.0. The van der Waals surface area contributed by atoms with Gasteiger partial charge in [-0.15, -0.1) is 4.91 Å². The Morgan fingerprint density at radius 1 is 1.27 bits per heavy atom. The molecule has 1 atom stereocenters. The van der Waals surface area contributed by atoms with E-state index in [0.717, 1.165) is 5.56 Å². The van der Waals surface area contributed by atoms with Gasteiger partial charge in [0.25, 0.3) is 0 Å². The number of hydrogen-bond acceptors (Lipinski definition) is 2. The zero-order valence-electron chi connectivity index (χ0n) is 5.77. The number of nitrogens with zero attached hydrogens (tertiary/aromatic N) is 1. The largest absolute Gasteiger partial charge is 0.231 e. The van der Waals surface area contributed by atoms with E-state index in [0.29, 0.717) is 0 Å². The van der Waals surface area contributed by atoms with Crippen LogP contribution in [-0.2, 0) is 16.7 Å². The maximum Gasteiger partial charge on any atom is 0.184 e. The van der Waals surface area contributed by atoms with Crippen molar-refractivity contribution in [1.29, 1.82) is 0 Å². The van der Waals surface area contributed by atoms with Gasteiger partial charge in [0, 0.05) is 4.58 Å². The second-order valence-electron chi connectivity index (χ2n) is 2.03. The van der Waals surface area contributed by atoms with Crippen LogP contribution in [0.1, 0.15) is 5.56 Å². The first-order valence-corrected chi connectivity index (χ1v) is 4.36. The van der Waals surface area contributed by atoms with Crippen LogP contribution in [-0.4, -0.2) is 4.21 Å². The van der Waals surface area contributed by atoms with Gasteiger partial charge in [0.2, 0.25) is 0 Å². The van der Waals surface area contributed by atoms with E-state index < -0.39 is 11.0 Å². The topological polar surface area (TPSA) is 46.5 Å². The van der Waals surface area contributed by atoms with Gasteiger partial charge in [-0.05, 0) is 5.56 Å². The molecule has 1 aromatic carbocycles. The Balaban J connectivity index is 2.65. The Hall–Kier alpha value is -1.03. The molecule has 0 saturated carbocycles. The molecule has 3 nitrogen and oxygen atoms in total. The summed E-state index contributed by atoms with van der Waals surface area (Å²) in [5.41, 5.74) is 0.866. The lowest BCUT2D eigenvalue weighted by Crippen LogP contribution is -1.89. The number of benzene rings is 1. The molecule has 0 aromatic heterocycles. The molecule has 0 bridgehead atoms. The molecule has 58 valence electrons. The summed E-state index contributed by atoms with van der Waals surface area (Å²) in [6.45, 7) is 0. The van der Waals surface area contributed by atoms with Crippen LogP contribution in [0.5, 0.6) is 0 Å².